The fourth-order valence-electron chi connectivity index (χ4n) is 4.19. The van der Waals surface area contributed by atoms with Crippen molar-refractivity contribution in [1.29, 1.82) is 0 Å². The van der Waals surface area contributed by atoms with Crippen molar-refractivity contribution in [2.75, 3.05) is 16.8 Å². The lowest BCUT2D eigenvalue weighted by molar-refractivity contribution is 0.0989. The second kappa shape index (κ2) is 8.05. The molecule has 0 bridgehead atoms. The topological polar surface area (TPSA) is 61.4 Å². The van der Waals surface area contributed by atoms with Gasteiger partial charge in [-0.1, -0.05) is 31.2 Å². The van der Waals surface area contributed by atoms with Crippen LogP contribution < -0.4 is 15.5 Å². The molecule has 28 heavy (non-hydrogen) atoms. The molecule has 0 atom stereocenters. The first kappa shape index (κ1) is 18.5. The predicted octanol–water partition coefficient (Wildman–Crippen LogP) is 4.59. The van der Waals surface area contributed by atoms with E-state index in [1.165, 1.54) is 5.56 Å². The van der Waals surface area contributed by atoms with E-state index in [1.807, 2.05) is 35.2 Å². The zero-order valence-corrected chi connectivity index (χ0v) is 16.3. The smallest absolute Gasteiger partial charge is 0.319 e. The molecule has 3 amide bonds. The third-order valence-electron chi connectivity index (χ3n) is 5.85. The molecule has 146 valence electrons. The SMILES string of the molecule is CC1CCC(NC(=O)Nc2cccc(C(=O)N3CCc4ccccc43)c2)CC1. The van der Waals surface area contributed by atoms with Gasteiger partial charge in [-0.15, -0.1) is 0 Å². The molecule has 0 radical (unpaired) electrons. The number of fused-ring (bicyclic) bond motifs is 1. The summed E-state index contributed by atoms with van der Waals surface area (Å²) < 4.78 is 0. The fraction of sp³-hybridized carbons (Fsp3) is 0.391. The van der Waals surface area contributed by atoms with E-state index in [0.717, 1.165) is 43.7 Å². The van der Waals surface area contributed by atoms with Crippen LogP contribution in [0.25, 0.3) is 0 Å². The molecular formula is C23H27N3O2. The number of para-hydroxylation sites is 1. The van der Waals surface area contributed by atoms with Gasteiger partial charge in [-0.05, 0) is 67.9 Å². The van der Waals surface area contributed by atoms with E-state index >= 15 is 0 Å². The molecule has 0 spiro atoms. The number of nitrogens with one attached hydrogen (secondary N) is 2. The van der Waals surface area contributed by atoms with Crippen molar-refractivity contribution in [3.05, 3.63) is 59.7 Å². The Morgan fingerprint density at radius 3 is 2.61 bits per heavy atom. The maximum Gasteiger partial charge on any atom is 0.319 e. The molecule has 1 aliphatic carbocycles. The number of urea groups is 1. The molecule has 5 heteroatoms. The van der Waals surface area contributed by atoms with Gasteiger partial charge in [-0.3, -0.25) is 4.79 Å². The second-order valence-electron chi connectivity index (χ2n) is 7.97. The number of hydrogen-bond acceptors (Lipinski definition) is 2. The monoisotopic (exact) mass is 377 g/mol. The Kier molecular flexibility index (Phi) is 5.33. The second-order valence-corrected chi connectivity index (χ2v) is 7.97. The summed E-state index contributed by atoms with van der Waals surface area (Å²) in [6.45, 7) is 2.95. The quantitative estimate of drug-likeness (QED) is 0.822. The molecule has 1 saturated carbocycles. The number of hydrogen-bond donors (Lipinski definition) is 2. The van der Waals surface area contributed by atoms with Crippen molar-refractivity contribution in [1.82, 2.24) is 5.32 Å². The van der Waals surface area contributed by atoms with Crippen molar-refractivity contribution >= 4 is 23.3 Å². The average Bonchev–Trinajstić information content (AvgIpc) is 3.13. The largest absolute Gasteiger partial charge is 0.335 e. The van der Waals surface area contributed by atoms with Crippen molar-refractivity contribution in [2.45, 2.75) is 45.1 Å². The minimum absolute atomic E-state index is 0.0322. The molecule has 1 aliphatic heterocycles. The summed E-state index contributed by atoms with van der Waals surface area (Å²) in [7, 11) is 0. The molecule has 1 fully saturated rings. The van der Waals surface area contributed by atoms with Crippen LogP contribution in [0.2, 0.25) is 0 Å². The fourth-order valence-corrected chi connectivity index (χ4v) is 4.19. The van der Waals surface area contributed by atoms with Crippen LogP contribution in [0.3, 0.4) is 0 Å². The average molecular weight is 377 g/mol. The van der Waals surface area contributed by atoms with Crippen LogP contribution in [0.1, 0.15) is 48.5 Å². The molecule has 2 aliphatic rings. The Balaban J connectivity index is 1.40. The van der Waals surface area contributed by atoms with Gasteiger partial charge >= 0.3 is 6.03 Å². The van der Waals surface area contributed by atoms with Crippen molar-refractivity contribution < 1.29 is 9.59 Å². The van der Waals surface area contributed by atoms with Crippen LogP contribution in [0.5, 0.6) is 0 Å². The number of amides is 3. The number of benzene rings is 2. The molecule has 4 rings (SSSR count). The third kappa shape index (κ3) is 4.03. The molecule has 2 aromatic carbocycles. The minimum Gasteiger partial charge on any atom is -0.335 e. The molecule has 2 N–H and O–H groups in total. The highest BCUT2D eigenvalue weighted by Crippen LogP contribution is 2.29. The van der Waals surface area contributed by atoms with E-state index in [2.05, 4.69) is 23.6 Å². The van der Waals surface area contributed by atoms with Gasteiger partial charge in [0.2, 0.25) is 0 Å². The molecule has 1 heterocycles. The van der Waals surface area contributed by atoms with Crippen LogP contribution >= 0.6 is 0 Å². The normalized spacial score (nSPS) is 21.1. The summed E-state index contributed by atoms with van der Waals surface area (Å²) in [4.78, 5) is 27.2. The minimum atomic E-state index is -0.198. The van der Waals surface area contributed by atoms with E-state index in [9.17, 15) is 9.59 Å². The zero-order chi connectivity index (χ0) is 19.5. The number of nitrogens with zero attached hydrogens (tertiary/aromatic N) is 1. The Bertz CT molecular complexity index is 872. The molecule has 2 aromatic rings. The van der Waals surface area contributed by atoms with Crippen molar-refractivity contribution in [3.8, 4) is 0 Å². The maximum atomic E-state index is 13.0. The van der Waals surface area contributed by atoms with Gasteiger partial charge in [0.1, 0.15) is 0 Å². The van der Waals surface area contributed by atoms with Gasteiger partial charge in [0, 0.05) is 29.5 Å². The van der Waals surface area contributed by atoms with E-state index < -0.39 is 0 Å². The molecular weight excluding hydrogens is 350 g/mol. The van der Waals surface area contributed by atoms with E-state index in [1.54, 1.807) is 12.1 Å². The van der Waals surface area contributed by atoms with Gasteiger partial charge < -0.3 is 15.5 Å². The van der Waals surface area contributed by atoms with E-state index in [-0.39, 0.29) is 18.0 Å². The zero-order valence-electron chi connectivity index (χ0n) is 16.3. The summed E-state index contributed by atoms with van der Waals surface area (Å²) in [5.41, 5.74) is 3.41. The molecule has 0 unspecified atom stereocenters. The summed E-state index contributed by atoms with van der Waals surface area (Å²) in [5.74, 6) is 0.717. The van der Waals surface area contributed by atoms with Gasteiger partial charge in [0.25, 0.3) is 5.91 Å². The summed E-state index contributed by atoms with van der Waals surface area (Å²) in [5, 5.41) is 5.94. The predicted molar refractivity (Wildman–Crippen MR) is 112 cm³/mol. The van der Waals surface area contributed by atoms with Crippen LogP contribution in [-0.4, -0.2) is 24.5 Å². The molecule has 5 nitrogen and oxygen atoms in total. The first-order valence-electron chi connectivity index (χ1n) is 10.2. The van der Waals surface area contributed by atoms with Gasteiger partial charge in [0.05, 0.1) is 0 Å². The highest BCUT2D eigenvalue weighted by Gasteiger charge is 2.25. The van der Waals surface area contributed by atoms with E-state index in [0.29, 0.717) is 17.8 Å². The van der Waals surface area contributed by atoms with Crippen LogP contribution in [0.15, 0.2) is 48.5 Å². The summed E-state index contributed by atoms with van der Waals surface area (Å²) in [6, 6.07) is 15.2. The summed E-state index contributed by atoms with van der Waals surface area (Å²) >= 11 is 0. The standard InChI is InChI=1S/C23H27N3O2/c1-16-9-11-19(12-10-16)24-23(28)25-20-7-4-6-18(15-20)22(27)26-14-13-17-5-2-3-8-21(17)26/h2-8,15-16,19H,9-14H2,1H3,(H2,24,25,28). The summed E-state index contributed by atoms with van der Waals surface area (Å²) in [6.07, 6.45) is 5.25. The van der Waals surface area contributed by atoms with Gasteiger partial charge in [0.15, 0.2) is 0 Å². The van der Waals surface area contributed by atoms with Crippen LogP contribution in [-0.2, 0) is 6.42 Å². The highest BCUT2D eigenvalue weighted by molar-refractivity contribution is 6.08. The number of carbonyl (C=O) groups excluding carboxylic acids is 2. The van der Waals surface area contributed by atoms with Gasteiger partial charge in [-0.25, -0.2) is 4.79 Å². The lowest BCUT2D eigenvalue weighted by Crippen LogP contribution is -2.40. The number of carbonyl (C=O) groups is 2. The lowest BCUT2D eigenvalue weighted by atomic mass is 9.87. The van der Waals surface area contributed by atoms with E-state index in [4.69, 9.17) is 0 Å². The van der Waals surface area contributed by atoms with Gasteiger partial charge in [-0.2, -0.15) is 0 Å². The van der Waals surface area contributed by atoms with Crippen molar-refractivity contribution in [3.63, 3.8) is 0 Å². The Hall–Kier alpha value is -2.82. The van der Waals surface area contributed by atoms with Crippen molar-refractivity contribution in [2.24, 2.45) is 5.92 Å². The number of anilines is 2. The first-order valence-corrected chi connectivity index (χ1v) is 10.2. The molecule has 0 aromatic heterocycles. The lowest BCUT2D eigenvalue weighted by Gasteiger charge is -2.27. The maximum absolute atomic E-state index is 13.0. The Labute approximate surface area is 166 Å². The molecule has 0 saturated heterocycles. The number of rotatable bonds is 3. The highest BCUT2D eigenvalue weighted by atomic mass is 16.2. The Morgan fingerprint density at radius 1 is 1.00 bits per heavy atom. The third-order valence-corrected chi connectivity index (χ3v) is 5.85. The van der Waals surface area contributed by atoms with Crippen LogP contribution in [0.4, 0.5) is 16.2 Å². The van der Waals surface area contributed by atoms with Crippen LogP contribution in [0, 0.1) is 5.92 Å². The Morgan fingerprint density at radius 2 is 1.79 bits per heavy atom. The first-order chi connectivity index (χ1) is 13.6.